The lowest BCUT2D eigenvalue weighted by Crippen LogP contribution is -2.50. The van der Waals surface area contributed by atoms with Gasteiger partial charge in [0.05, 0.1) is 11.9 Å². The number of benzene rings is 3. The maximum Gasteiger partial charge on any atom is 0.573 e. The second-order valence-electron chi connectivity index (χ2n) is 9.10. The zero-order valence-corrected chi connectivity index (χ0v) is 21.8. The average molecular weight is 555 g/mol. The van der Waals surface area contributed by atoms with Crippen molar-refractivity contribution in [3.05, 3.63) is 90.3 Å². The summed E-state index contributed by atoms with van der Waals surface area (Å²) in [5, 5.41) is 19.8. The quantitative estimate of drug-likeness (QED) is 0.237. The maximum atomic E-state index is 12.4. The number of nitrogens with zero attached hydrogens (tertiary/aromatic N) is 5. The van der Waals surface area contributed by atoms with Crippen LogP contribution >= 0.6 is 11.8 Å². The number of rotatable bonds is 7. The Balaban J connectivity index is 1.23. The molecule has 0 bridgehead atoms. The molecule has 1 fully saturated rings. The van der Waals surface area contributed by atoms with Crippen LogP contribution in [0.4, 0.5) is 18.9 Å². The minimum absolute atomic E-state index is 0.237. The first kappa shape index (κ1) is 26.6. The van der Waals surface area contributed by atoms with Gasteiger partial charge in [-0.15, -0.1) is 30.0 Å². The molecule has 8 nitrogen and oxygen atoms in total. The smallest absolute Gasteiger partial charge is 0.406 e. The summed E-state index contributed by atoms with van der Waals surface area (Å²) in [6.45, 7) is 3.81. The summed E-state index contributed by atoms with van der Waals surface area (Å²) in [7, 11) is 0. The highest BCUT2D eigenvalue weighted by Crippen LogP contribution is 2.39. The highest BCUT2D eigenvalue weighted by molar-refractivity contribution is 8.00. The van der Waals surface area contributed by atoms with Crippen molar-refractivity contribution in [1.29, 1.82) is 0 Å². The molecule has 0 spiro atoms. The van der Waals surface area contributed by atoms with Gasteiger partial charge in [0.1, 0.15) is 17.8 Å². The third-order valence-electron chi connectivity index (χ3n) is 6.04. The van der Waals surface area contributed by atoms with Gasteiger partial charge in [-0.05, 0) is 55.3 Å². The number of aliphatic hydroxyl groups is 1. The number of ether oxygens (including phenoxy) is 1. The summed E-state index contributed by atoms with van der Waals surface area (Å²) in [4.78, 5) is 6.25. The number of para-hydroxylation sites is 1. The van der Waals surface area contributed by atoms with Crippen LogP contribution in [0.2, 0.25) is 0 Å². The van der Waals surface area contributed by atoms with E-state index in [0.717, 1.165) is 22.4 Å². The largest absolute Gasteiger partial charge is 0.573 e. The zero-order valence-electron chi connectivity index (χ0n) is 21.0. The molecule has 1 saturated heterocycles. The summed E-state index contributed by atoms with van der Waals surface area (Å²) < 4.78 is 42.5. The van der Waals surface area contributed by atoms with Crippen LogP contribution < -0.4 is 15.1 Å². The van der Waals surface area contributed by atoms with Gasteiger partial charge >= 0.3 is 6.36 Å². The van der Waals surface area contributed by atoms with Crippen LogP contribution in [0.15, 0.2) is 84.2 Å². The van der Waals surface area contributed by atoms with E-state index >= 15 is 0 Å². The van der Waals surface area contributed by atoms with E-state index in [2.05, 4.69) is 25.3 Å². The van der Waals surface area contributed by atoms with E-state index in [0.29, 0.717) is 17.3 Å². The Labute approximate surface area is 227 Å². The van der Waals surface area contributed by atoms with Crippen LogP contribution in [0.25, 0.3) is 17.1 Å². The van der Waals surface area contributed by atoms with Crippen molar-refractivity contribution in [1.82, 2.24) is 20.2 Å². The standard InChI is InChI=1S/C27H25F3N6O2S/c1-18-5-3-4-6-23(18)36-25(39-16-26(36,2)37)33-32-15-19-7-9-20(10-8-19)24-31-17-35(34-24)21-11-13-22(14-12-21)38-27(28,29)30/h3-15,17,25,33,37H,16H2,1-2H3/b32-15+. The molecule has 2 heterocycles. The van der Waals surface area contributed by atoms with Gasteiger partial charge in [0, 0.05) is 17.0 Å². The Bertz CT molecular complexity index is 1460. The Morgan fingerprint density at radius 2 is 1.82 bits per heavy atom. The summed E-state index contributed by atoms with van der Waals surface area (Å²) in [6, 6.07) is 20.8. The fourth-order valence-corrected chi connectivity index (χ4v) is 5.40. The molecule has 12 heteroatoms. The number of halogens is 3. The summed E-state index contributed by atoms with van der Waals surface area (Å²) >= 11 is 1.57. The molecular formula is C27H25F3N6O2S. The van der Waals surface area contributed by atoms with Crippen molar-refractivity contribution in [2.45, 2.75) is 31.4 Å². The average Bonchev–Trinajstić information content (AvgIpc) is 3.49. The molecule has 3 aromatic carbocycles. The van der Waals surface area contributed by atoms with Gasteiger partial charge in [0.25, 0.3) is 0 Å². The topological polar surface area (TPSA) is 87.8 Å². The molecule has 0 aliphatic carbocycles. The first-order valence-electron chi connectivity index (χ1n) is 11.9. The van der Waals surface area contributed by atoms with E-state index in [1.807, 2.05) is 60.4 Å². The van der Waals surface area contributed by atoms with Gasteiger partial charge in [0.15, 0.2) is 11.3 Å². The number of aryl methyl sites for hydroxylation is 1. The fourth-order valence-electron chi connectivity index (χ4n) is 4.16. The maximum absolute atomic E-state index is 12.4. The van der Waals surface area contributed by atoms with Crippen molar-refractivity contribution in [2.24, 2.45) is 5.10 Å². The number of hydrogen-bond acceptors (Lipinski definition) is 8. The molecule has 1 aromatic heterocycles. The fraction of sp³-hybridized carbons (Fsp3) is 0.222. The highest BCUT2D eigenvalue weighted by atomic mass is 32.2. The summed E-state index contributed by atoms with van der Waals surface area (Å²) in [5.41, 5.74) is 6.07. The monoisotopic (exact) mass is 554 g/mol. The SMILES string of the molecule is Cc1ccccc1N1C(N/N=C/c2ccc(-c3ncn(-c4ccc(OC(F)(F)F)cc4)n3)cc2)SCC1(C)O. The van der Waals surface area contributed by atoms with Crippen molar-refractivity contribution in [3.63, 3.8) is 0 Å². The molecule has 1 aliphatic heterocycles. The van der Waals surface area contributed by atoms with Crippen LogP contribution in [0.5, 0.6) is 5.75 Å². The van der Waals surface area contributed by atoms with Gasteiger partial charge in [0.2, 0.25) is 0 Å². The first-order chi connectivity index (χ1) is 18.6. The van der Waals surface area contributed by atoms with Gasteiger partial charge in [-0.2, -0.15) is 5.10 Å². The van der Waals surface area contributed by atoms with E-state index in [1.54, 1.807) is 24.9 Å². The first-order valence-corrected chi connectivity index (χ1v) is 13.0. The molecule has 0 amide bonds. The number of aromatic nitrogens is 3. The van der Waals surface area contributed by atoms with Crippen LogP contribution in [-0.2, 0) is 0 Å². The number of thioether (sulfide) groups is 1. The Morgan fingerprint density at radius 1 is 1.10 bits per heavy atom. The molecule has 1 aliphatic rings. The van der Waals surface area contributed by atoms with E-state index in [-0.39, 0.29) is 11.2 Å². The molecule has 2 unspecified atom stereocenters. The third-order valence-corrected chi connectivity index (χ3v) is 7.38. The second kappa shape index (κ2) is 10.6. The molecule has 0 saturated carbocycles. The normalized spacial score (nSPS) is 19.5. The molecule has 4 aromatic rings. The molecule has 2 atom stereocenters. The molecule has 2 N–H and O–H groups in total. The number of alkyl halides is 3. The predicted molar refractivity (Wildman–Crippen MR) is 145 cm³/mol. The van der Waals surface area contributed by atoms with Crippen LogP contribution in [0.3, 0.4) is 0 Å². The van der Waals surface area contributed by atoms with Gasteiger partial charge in [-0.1, -0.05) is 42.5 Å². The van der Waals surface area contributed by atoms with Crippen LogP contribution in [0.1, 0.15) is 18.1 Å². The highest BCUT2D eigenvalue weighted by Gasteiger charge is 2.42. The van der Waals surface area contributed by atoms with Gasteiger partial charge in [-0.3, -0.25) is 5.43 Å². The zero-order chi connectivity index (χ0) is 27.6. The Morgan fingerprint density at radius 3 is 2.51 bits per heavy atom. The molecular weight excluding hydrogens is 529 g/mol. The number of hydrazone groups is 1. The minimum Gasteiger partial charge on any atom is -0.406 e. The van der Waals surface area contributed by atoms with E-state index in [1.165, 1.54) is 35.3 Å². The van der Waals surface area contributed by atoms with Crippen molar-refractivity contribution < 1.29 is 23.0 Å². The van der Waals surface area contributed by atoms with E-state index < -0.39 is 12.1 Å². The number of hydrogen-bond donors (Lipinski definition) is 2. The number of nitrogens with one attached hydrogen (secondary N) is 1. The van der Waals surface area contributed by atoms with Crippen LogP contribution in [-0.4, -0.2) is 49.4 Å². The Hall–Kier alpha value is -4.03. The van der Waals surface area contributed by atoms with Crippen molar-refractivity contribution in [2.75, 3.05) is 10.7 Å². The second-order valence-corrected chi connectivity index (χ2v) is 10.2. The third kappa shape index (κ3) is 6.18. The lowest BCUT2D eigenvalue weighted by molar-refractivity contribution is -0.274. The lowest BCUT2D eigenvalue weighted by atomic mass is 10.1. The summed E-state index contributed by atoms with van der Waals surface area (Å²) in [5.74, 6) is 0.692. The molecule has 5 rings (SSSR count). The van der Waals surface area contributed by atoms with Gasteiger partial charge in [-0.25, -0.2) is 9.67 Å². The molecule has 39 heavy (non-hydrogen) atoms. The van der Waals surface area contributed by atoms with Crippen molar-refractivity contribution >= 4 is 23.7 Å². The lowest BCUT2D eigenvalue weighted by Gasteiger charge is -2.35. The minimum atomic E-state index is -4.74. The molecule has 202 valence electrons. The predicted octanol–water partition coefficient (Wildman–Crippen LogP) is 5.31. The number of anilines is 1. The van der Waals surface area contributed by atoms with E-state index in [4.69, 9.17) is 0 Å². The van der Waals surface area contributed by atoms with Crippen LogP contribution in [0, 0.1) is 6.92 Å². The van der Waals surface area contributed by atoms with Crippen molar-refractivity contribution in [3.8, 4) is 22.8 Å². The Kier molecular flexibility index (Phi) is 7.23. The van der Waals surface area contributed by atoms with E-state index in [9.17, 15) is 18.3 Å². The molecule has 0 radical (unpaired) electrons. The summed E-state index contributed by atoms with van der Waals surface area (Å²) in [6.07, 6.45) is -1.56. The van der Waals surface area contributed by atoms with Gasteiger partial charge < -0.3 is 14.7 Å².